The lowest BCUT2D eigenvalue weighted by molar-refractivity contribution is 0.0674. The van der Waals surface area contributed by atoms with Crippen LogP contribution in [-0.4, -0.2) is 58.7 Å². The maximum atomic E-state index is 12.9. The molecule has 2 heterocycles. The number of nitrogens with zero attached hydrogens (tertiary/aromatic N) is 2. The summed E-state index contributed by atoms with van der Waals surface area (Å²) in [6.45, 7) is 3.02. The first-order valence-electron chi connectivity index (χ1n) is 8.94. The molecule has 25 heavy (non-hydrogen) atoms. The van der Waals surface area contributed by atoms with Gasteiger partial charge >= 0.3 is 0 Å². The third kappa shape index (κ3) is 3.98. The number of aryl methyl sites for hydroxylation is 1. The van der Waals surface area contributed by atoms with E-state index in [1.807, 2.05) is 18.0 Å². The van der Waals surface area contributed by atoms with E-state index in [0.29, 0.717) is 18.0 Å². The molecule has 0 bridgehead atoms. The van der Waals surface area contributed by atoms with E-state index in [2.05, 4.69) is 5.32 Å². The van der Waals surface area contributed by atoms with Gasteiger partial charge in [-0.15, -0.1) is 0 Å². The van der Waals surface area contributed by atoms with E-state index in [9.17, 15) is 13.2 Å². The number of fused-ring (bicyclic) bond motifs is 1. The molecule has 3 rings (SSSR count). The Labute approximate surface area is 150 Å². The molecule has 0 saturated carbocycles. The molecule has 1 saturated heterocycles. The highest BCUT2D eigenvalue weighted by Crippen LogP contribution is 2.30. The van der Waals surface area contributed by atoms with E-state index < -0.39 is 10.0 Å². The van der Waals surface area contributed by atoms with Crippen LogP contribution in [0, 0.1) is 5.92 Å². The number of likely N-dealkylation sites (tertiary alicyclic amines) is 1. The van der Waals surface area contributed by atoms with Gasteiger partial charge < -0.3 is 10.2 Å². The average molecular weight is 365 g/mol. The number of hydrogen-bond acceptors (Lipinski definition) is 4. The van der Waals surface area contributed by atoms with E-state index in [1.165, 1.54) is 10.6 Å². The van der Waals surface area contributed by atoms with E-state index in [0.717, 1.165) is 56.6 Å². The van der Waals surface area contributed by atoms with Gasteiger partial charge in [0.2, 0.25) is 10.0 Å². The normalized spacial score (nSPS) is 21.1. The zero-order valence-electron chi connectivity index (χ0n) is 15.0. The monoisotopic (exact) mass is 365 g/mol. The first-order valence-corrected chi connectivity index (χ1v) is 10.8. The molecule has 138 valence electrons. The molecule has 1 aromatic carbocycles. The van der Waals surface area contributed by atoms with Gasteiger partial charge in [-0.2, -0.15) is 0 Å². The number of rotatable bonds is 4. The number of sulfonamides is 1. The Kier molecular flexibility index (Phi) is 5.34. The van der Waals surface area contributed by atoms with Gasteiger partial charge in [0.05, 0.1) is 11.9 Å². The summed E-state index contributed by atoms with van der Waals surface area (Å²) >= 11 is 0. The van der Waals surface area contributed by atoms with Crippen LogP contribution in [0.25, 0.3) is 0 Å². The second kappa shape index (κ2) is 7.33. The van der Waals surface area contributed by atoms with Crippen molar-refractivity contribution < 1.29 is 13.2 Å². The summed E-state index contributed by atoms with van der Waals surface area (Å²) in [6, 6.07) is 5.45. The van der Waals surface area contributed by atoms with Crippen LogP contribution in [0.2, 0.25) is 0 Å². The number of carbonyl (C=O) groups is 1. The summed E-state index contributed by atoms with van der Waals surface area (Å²) < 4.78 is 25.4. The Morgan fingerprint density at radius 1 is 1.28 bits per heavy atom. The number of hydrogen-bond donors (Lipinski definition) is 1. The van der Waals surface area contributed by atoms with Crippen LogP contribution in [0.3, 0.4) is 0 Å². The van der Waals surface area contributed by atoms with Crippen LogP contribution in [0.4, 0.5) is 5.69 Å². The highest BCUT2D eigenvalue weighted by Gasteiger charge is 2.27. The number of piperidine rings is 1. The molecule has 1 fully saturated rings. The van der Waals surface area contributed by atoms with Gasteiger partial charge in [0, 0.05) is 25.2 Å². The lowest BCUT2D eigenvalue weighted by atomic mass is 9.96. The smallest absolute Gasteiger partial charge is 0.253 e. The molecule has 1 N–H and O–H groups in total. The first kappa shape index (κ1) is 18.2. The lowest BCUT2D eigenvalue weighted by Crippen LogP contribution is -2.42. The van der Waals surface area contributed by atoms with Crippen molar-refractivity contribution in [1.29, 1.82) is 0 Å². The number of benzene rings is 1. The van der Waals surface area contributed by atoms with Crippen molar-refractivity contribution in [2.75, 3.05) is 43.8 Å². The molecule has 0 aromatic heterocycles. The van der Waals surface area contributed by atoms with Crippen molar-refractivity contribution in [1.82, 2.24) is 10.2 Å². The molecular formula is C18H27N3O3S. The zero-order valence-corrected chi connectivity index (χ0v) is 15.8. The SMILES string of the molecule is CNC[C@@H]1CCCN(C(=O)c2ccc3c(c2)CCCN3S(C)(=O)=O)C1. The highest BCUT2D eigenvalue weighted by molar-refractivity contribution is 7.92. The third-order valence-corrected chi connectivity index (χ3v) is 6.28. The summed E-state index contributed by atoms with van der Waals surface area (Å²) in [5.41, 5.74) is 2.34. The van der Waals surface area contributed by atoms with Crippen LogP contribution in [0.5, 0.6) is 0 Å². The van der Waals surface area contributed by atoms with Gasteiger partial charge in [0.1, 0.15) is 0 Å². The molecular weight excluding hydrogens is 338 g/mol. The molecule has 2 aliphatic heterocycles. The minimum Gasteiger partial charge on any atom is -0.338 e. The van der Waals surface area contributed by atoms with Crippen molar-refractivity contribution in [3.8, 4) is 0 Å². The third-order valence-electron chi connectivity index (χ3n) is 5.10. The molecule has 2 aliphatic rings. The van der Waals surface area contributed by atoms with Crippen LogP contribution >= 0.6 is 0 Å². The Morgan fingerprint density at radius 3 is 2.80 bits per heavy atom. The Balaban J connectivity index is 1.81. The van der Waals surface area contributed by atoms with Crippen molar-refractivity contribution in [3.63, 3.8) is 0 Å². The number of amides is 1. The maximum absolute atomic E-state index is 12.9. The number of anilines is 1. The first-order chi connectivity index (χ1) is 11.9. The van der Waals surface area contributed by atoms with Gasteiger partial charge in [0.15, 0.2) is 0 Å². The van der Waals surface area contributed by atoms with Crippen LogP contribution in [-0.2, 0) is 16.4 Å². The molecule has 7 heteroatoms. The van der Waals surface area contributed by atoms with E-state index in [1.54, 1.807) is 12.1 Å². The minimum atomic E-state index is -3.28. The summed E-state index contributed by atoms with van der Waals surface area (Å²) in [5.74, 6) is 0.557. The van der Waals surface area contributed by atoms with Crippen LogP contribution in [0.15, 0.2) is 18.2 Å². The van der Waals surface area contributed by atoms with Crippen molar-refractivity contribution in [2.45, 2.75) is 25.7 Å². The fourth-order valence-electron chi connectivity index (χ4n) is 3.93. The topological polar surface area (TPSA) is 69.7 Å². The second-order valence-corrected chi connectivity index (χ2v) is 9.01. The van der Waals surface area contributed by atoms with Crippen molar-refractivity contribution in [3.05, 3.63) is 29.3 Å². The van der Waals surface area contributed by atoms with Gasteiger partial charge in [-0.05, 0) is 69.0 Å². The Morgan fingerprint density at radius 2 is 2.08 bits per heavy atom. The summed E-state index contributed by atoms with van der Waals surface area (Å²) in [6.07, 6.45) is 5.01. The molecule has 6 nitrogen and oxygen atoms in total. The predicted octanol–water partition coefficient (Wildman–Crippen LogP) is 1.47. The molecule has 0 aliphatic carbocycles. The van der Waals surface area contributed by atoms with E-state index in [4.69, 9.17) is 0 Å². The van der Waals surface area contributed by atoms with Crippen LogP contribution < -0.4 is 9.62 Å². The number of carbonyl (C=O) groups excluding carboxylic acids is 1. The van der Waals surface area contributed by atoms with Gasteiger partial charge in [0.25, 0.3) is 5.91 Å². The van der Waals surface area contributed by atoms with Gasteiger partial charge in [-0.3, -0.25) is 9.10 Å². The fraction of sp³-hybridized carbons (Fsp3) is 0.611. The van der Waals surface area contributed by atoms with E-state index >= 15 is 0 Å². The van der Waals surface area contributed by atoms with Gasteiger partial charge in [-0.1, -0.05) is 0 Å². The summed E-state index contributed by atoms with van der Waals surface area (Å²) in [7, 11) is -1.33. The van der Waals surface area contributed by atoms with Crippen molar-refractivity contribution >= 4 is 21.6 Å². The van der Waals surface area contributed by atoms with E-state index in [-0.39, 0.29) is 5.91 Å². The lowest BCUT2D eigenvalue weighted by Gasteiger charge is -2.33. The Hall–Kier alpha value is -1.60. The number of nitrogens with one attached hydrogen (secondary N) is 1. The van der Waals surface area contributed by atoms with Crippen molar-refractivity contribution in [2.24, 2.45) is 5.92 Å². The predicted molar refractivity (Wildman–Crippen MR) is 99.5 cm³/mol. The summed E-state index contributed by atoms with van der Waals surface area (Å²) in [4.78, 5) is 14.8. The quantitative estimate of drug-likeness (QED) is 0.877. The largest absolute Gasteiger partial charge is 0.338 e. The second-order valence-electron chi connectivity index (χ2n) is 7.10. The minimum absolute atomic E-state index is 0.0556. The molecule has 1 aromatic rings. The molecule has 0 radical (unpaired) electrons. The average Bonchev–Trinajstić information content (AvgIpc) is 2.60. The zero-order chi connectivity index (χ0) is 18.0. The molecule has 1 amide bonds. The molecule has 0 spiro atoms. The summed E-state index contributed by atoms with van der Waals surface area (Å²) in [5, 5.41) is 3.20. The molecule has 1 atom stereocenters. The standard InChI is InChI=1S/C18H27N3O3S/c1-19-12-14-5-3-9-20(13-14)18(22)16-7-8-17-15(11-16)6-4-10-21(17)25(2,23)24/h7-8,11,14,19H,3-6,9-10,12-13H2,1-2H3/t14-/m0/s1. The highest BCUT2D eigenvalue weighted by atomic mass is 32.2. The van der Waals surface area contributed by atoms with Crippen LogP contribution in [0.1, 0.15) is 35.2 Å². The fourth-order valence-corrected chi connectivity index (χ4v) is 4.92. The molecule has 0 unspecified atom stereocenters. The maximum Gasteiger partial charge on any atom is 0.253 e. The Bertz CT molecular complexity index is 746. The van der Waals surface area contributed by atoms with Gasteiger partial charge in [-0.25, -0.2) is 8.42 Å².